The van der Waals surface area contributed by atoms with E-state index in [0.717, 1.165) is 11.1 Å². The van der Waals surface area contributed by atoms with Crippen molar-refractivity contribution in [2.24, 2.45) is 5.10 Å². The maximum absolute atomic E-state index is 12.8. The molecule has 26 heavy (non-hydrogen) atoms. The summed E-state index contributed by atoms with van der Waals surface area (Å²) in [6, 6.07) is 23.3. The average molecular weight is 348 g/mol. The predicted octanol–water partition coefficient (Wildman–Crippen LogP) is 4.02. The molecule has 0 heterocycles. The Morgan fingerprint density at radius 2 is 1.58 bits per heavy atom. The second-order valence-corrected chi connectivity index (χ2v) is 5.52. The molecule has 0 saturated carbocycles. The van der Waals surface area contributed by atoms with Crippen LogP contribution in [0, 0.1) is 5.82 Å². The van der Waals surface area contributed by atoms with Crippen LogP contribution in [0.1, 0.15) is 5.56 Å². The molecule has 0 radical (unpaired) electrons. The van der Waals surface area contributed by atoms with Crippen molar-refractivity contribution in [2.45, 2.75) is 0 Å². The molecule has 0 atom stereocenters. The minimum atomic E-state index is -0.379. The molecule has 130 valence electrons. The number of benzene rings is 3. The maximum atomic E-state index is 12.8. The van der Waals surface area contributed by atoms with Gasteiger partial charge in [0, 0.05) is 0 Å². The lowest BCUT2D eigenvalue weighted by molar-refractivity contribution is -0.123. The van der Waals surface area contributed by atoms with Crippen LogP contribution in [0.15, 0.2) is 84.0 Å². The van der Waals surface area contributed by atoms with Gasteiger partial charge >= 0.3 is 0 Å². The molecule has 0 saturated heterocycles. The zero-order valence-corrected chi connectivity index (χ0v) is 13.9. The highest BCUT2D eigenvalue weighted by molar-refractivity contribution is 5.82. The third-order valence-corrected chi connectivity index (χ3v) is 3.60. The van der Waals surface area contributed by atoms with Crippen LogP contribution < -0.4 is 10.2 Å². The van der Waals surface area contributed by atoms with E-state index in [1.54, 1.807) is 12.1 Å². The molecule has 0 fully saturated rings. The molecule has 3 aromatic carbocycles. The van der Waals surface area contributed by atoms with Gasteiger partial charge in [0.25, 0.3) is 5.91 Å². The van der Waals surface area contributed by atoms with Crippen LogP contribution in [0.3, 0.4) is 0 Å². The van der Waals surface area contributed by atoms with Crippen molar-refractivity contribution in [1.29, 1.82) is 0 Å². The Morgan fingerprint density at radius 3 is 2.27 bits per heavy atom. The number of hydrogen-bond acceptors (Lipinski definition) is 3. The summed E-state index contributed by atoms with van der Waals surface area (Å²) < 4.78 is 18.2. The van der Waals surface area contributed by atoms with Crippen molar-refractivity contribution in [3.63, 3.8) is 0 Å². The normalized spacial score (nSPS) is 10.7. The Hall–Kier alpha value is -3.47. The molecule has 1 N–H and O–H groups in total. The van der Waals surface area contributed by atoms with Crippen molar-refractivity contribution >= 4 is 12.1 Å². The number of rotatable bonds is 6. The molecule has 0 aromatic heterocycles. The van der Waals surface area contributed by atoms with Crippen molar-refractivity contribution in [3.8, 4) is 16.9 Å². The molecular formula is C21H17FN2O2. The van der Waals surface area contributed by atoms with Crippen molar-refractivity contribution in [2.75, 3.05) is 6.61 Å². The summed E-state index contributed by atoms with van der Waals surface area (Å²) in [7, 11) is 0. The Bertz CT molecular complexity index is 876. The number of hydrogen-bond donors (Lipinski definition) is 1. The third-order valence-electron chi connectivity index (χ3n) is 3.60. The summed E-state index contributed by atoms with van der Waals surface area (Å²) in [4.78, 5) is 11.7. The first-order valence-electron chi connectivity index (χ1n) is 8.06. The van der Waals surface area contributed by atoms with Gasteiger partial charge in [-0.05, 0) is 41.0 Å². The number of carbonyl (C=O) groups excluding carboxylic acids is 1. The van der Waals surface area contributed by atoms with Gasteiger partial charge in [0.1, 0.15) is 11.6 Å². The molecule has 1 amide bonds. The van der Waals surface area contributed by atoms with Gasteiger partial charge in [0.15, 0.2) is 6.61 Å². The molecule has 0 aliphatic carbocycles. The predicted molar refractivity (Wildman–Crippen MR) is 99.5 cm³/mol. The quantitative estimate of drug-likeness (QED) is 0.540. The highest BCUT2D eigenvalue weighted by atomic mass is 19.1. The van der Waals surface area contributed by atoms with E-state index in [2.05, 4.69) is 10.5 Å². The average Bonchev–Trinajstić information content (AvgIpc) is 2.69. The summed E-state index contributed by atoms with van der Waals surface area (Å²) in [6.45, 7) is -0.147. The first-order chi connectivity index (χ1) is 12.7. The number of hydrazone groups is 1. The first-order valence-corrected chi connectivity index (χ1v) is 8.06. The molecule has 0 unspecified atom stereocenters. The number of nitrogens with one attached hydrogen (secondary N) is 1. The monoisotopic (exact) mass is 348 g/mol. The van der Waals surface area contributed by atoms with Gasteiger partial charge in [-0.1, -0.05) is 54.6 Å². The van der Waals surface area contributed by atoms with E-state index in [1.165, 1.54) is 18.3 Å². The minimum Gasteiger partial charge on any atom is -0.484 e. The van der Waals surface area contributed by atoms with Gasteiger partial charge in [-0.2, -0.15) is 5.10 Å². The van der Waals surface area contributed by atoms with Gasteiger partial charge in [0.2, 0.25) is 0 Å². The smallest absolute Gasteiger partial charge is 0.277 e. The van der Waals surface area contributed by atoms with Crippen LogP contribution in [0.4, 0.5) is 4.39 Å². The summed E-state index contributed by atoms with van der Waals surface area (Å²) in [5, 5.41) is 3.81. The molecule has 3 aromatic rings. The molecule has 0 bridgehead atoms. The number of halogens is 1. The lowest BCUT2D eigenvalue weighted by Gasteiger charge is -2.06. The Kier molecular flexibility index (Phi) is 5.72. The van der Waals surface area contributed by atoms with Crippen molar-refractivity contribution in [3.05, 3.63) is 90.2 Å². The molecule has 5 heteroatoms. The van der Waals surface area contributed by atoms with Crippen molar-refractivity contribution in [1.82, 2.24) is 5.43 Å². The van der Waals surface area contributed by atoms with E-state index in [0.29, 0.717) is 11.3 Å². The largest absolute Gasteiger partial charge is 0.484 e. The van der Waals surface area contributed by atoms with Crippen LogP contribution in [-0.4, -0.2) is 18.7 Å². The van der Waals surface area contributed by atoms with E-state index < -0.39 is 0 Å². The number of ether oxygens (including phenoxy) is 1. The fourth-order valence-electron chi connectivity index (χ4n) is 2.28. The van der Waals surface area contributed by atoms with E-state index in [1.807, 2.05) is 54.6 Å². The van der Waals surface area contributed by atoms with Crippen LogP contribution in [0.25, 0.3) is 11.1 Å². The lowest BCUT2D eigenvalue weighted by Crippen LogP contribution is -2.24. The summed E-state index contributed by atoms with van der Waals surface area (Å²) in [5.74, 6) is -0.101. The van der Waals surface area contributed by atoms with Gasteiger partial charge in [-0.3, -0.25) is 4.79 Å². The number of nitrogens with zero attached hydrogens (tertiary/aromatic N) is 1. The summed E-state index contributed by atoms with van der Waals surface area (Å²) >= 11 is 0. The highest BCUT2D eigenvalue weighted by Crippen LogP contribution is 2.21. The van der Waals surface area contributed by atoms with E-state index in [9.17, 15) is 9.18 Å². The minimum absolute atomic E-state index is 0.147. The van der Waals surface area contributed by atoms with E-state index in [4.69, 9.17) is 4.74 Å². The molecule has 0 spiro atoms. The van der Waals surface area contributed by atoms with Crippen LogP contribution in [-0.2, 0) is 4.79 Å². The highest BCUT2D eigenvalue weighted by Gasteiger charge is 2.02. The Balaban J connectivity index is 1.47. The molecule has 0 aliphatic heterocycles. The second kappa shape index (κ2) is 8.58. The maximum Gasteiger partial charge on any atom is 0.277 e. The summed E-state index contributed by atoms with van der Waals surface area (Å²) in [5.41, 5.74) is 5.24. The van der Waals surface area contributed by atoms with Gasteiger partial charge < -0.3 is 4.74 Å². The summed E-state index contributed by atoms with van der Waals surface area (Å²) in [6.07, 6.45) is 1.44. The second-order valence-electron chi connectivity index (χ2n) is 5.52. The molecule has 3 rings (SSSR count). The molecule has 0 aliphatic rings. The lowest BCUT2D eigenvalue weighted by atomic mass is 10.1. The van der Waals surface area contributed by atoms with Gasteiger partial charge in [-0.15, -0.1) is 0 Å². The topological polar surface area (TPSA) is 50.7 Å². The van der Waals surface area contributed by atoms with Gasteiger partial charge in [0.05, 0.1) is 6.21 Å². The van der Waals surface area contributed by atoms with Crippen LogP contribution in [0.2, 0.25) is 0 Å². The number of carbonyl (C=O) groups is 1. The van der Waals surface area contributed by atoms with Crippen LogP contribution >= 0.6 is 0 Å². The molecule has 4 nitrogen and oxygen atoms in total. The zero-order valence-electron chi connectivity index (χ0n) is 13.9. The standard InChI is InChI=1S/C21H17FN2O2/c22-19-10-6-16(7-11-19)14-23-24-21(25)15-26-20-12-8-18(9-13-20)17-4-2-1-3-5-17/h1-14H,15H2,(H,24,25)/b23-14+. The van der Waals surface area contributed by atoms with E-state index >= 15 is 0 Å². The third kappa shape index (κ3) is 5.01. The van der Waals surface area contributed by atoms with Gasteiger partial charge in [-0.25, -0.2) is 9.82 Å². The SMILES string of the molecule is O=C(COc1ccc(-c2ccccc2)cc1)N/N=C/c1ccc(F)cc1. The first kappa shape index (κ1) is 17.4. The Morgan fingerprint density at radius 1 is 0.923 bits per heavy atom. The zero-order chi connectivity index (χ0) is 18.2. The molecular weight excluding hydrogens is 331 g/mol. The van der Waals surface area contributed by atoms with Crippen molar-refractivity contribution < 1.29 is 13.9 Å². The number of amides is 1. The fourth-order valence-corrected chi connectivity index (χ4v) is 2.28. The Labute approximate surface area is 150 Å². The van der Waals surface area contributed by atoms with E-state index in [-0.39, 0.29) is 18.3 Å². The van der Waals surface area contributed by atoms with Crippen LogP contribution in [0.5, 0.6) is 5.75 Å². The fraction of sp³-hybridized carbons (Fsp3) is 0.0476.